The first-order chi connectivity index (χ1) is 15.7. The van der Waals surface area contributed by atoms with Crippen LogP contribution in [0.1, 0.15) is 25.7 Å². The number of hydrogen-bond acceptors (Lipinski definition) is 8. The SMILES string of the molecule is O=C(CSc1nc2ccccc2nc1SCC(=O)NC[C@@H]1CCCO1)NC[C@H]1CCCO1. The maximum atomic E-state index is 12.3. The van der Waals surface area contributed by atoms with E-state index in [4.69, 9.17) is 19.4 Å². The summed E-state index contributed by atoms with van der Waals surface area (Å²) in [6.45, 7) is 2.61. The van der Waals surface area contributed by atoms with Gasteiger partial charge in [0.05, 0.1) is 34.7 Å². The van der Waals surface area contributed by atoms with Crippen LogP contribution in [-0.4, -0.2) is 71.8 Å². The molecule has 2 aliphatic rings. The zero-order valence-electron chi connectivity index (χ0n) is 17.9. The van der Waals surface area contributed by atoms with Crippen molar-refractivity contribution in [2.75, 3.05) is 37.8 Å². The summed E-state index contributed by atoms with van der Waals surface area (Å²) >= 11 is 2.68. The molecule has 0 saturated carbocycles. The third kappa shape index (κ3) is 6.81. The Morgan fingerprint density at radius 1 is 0.844 bits per heavy atom. The molecule has 0 aliphatic carbocycles. The van der Waals surface area contributed by atoms with E-state index in [9.17, 15) is 9.59 Å². The van der Waals surface area contributed by atoms with E-state index in [0.29, 0.717) is 23.1 Å². The number of hydrogen-bond donors (Lipinski definition) is 2. The molecule has 8 nitrogen and oxygen atoms in total. The van der Waals surface area contributed by atoms with Gasteiger partial charge in [0.15, 0.2) is 0 Å². The van der Waals surface area contributed by atoms with Gasteiger partial charge < -0.3 is 20.1 Å². The molecule has 2 aromatic rings. The number of carbonyl (C=O) groups is 2. The molecule has 2 saturated heterocycles. The van der Waals surface area contributed by atoms with Crippen LogP contribution in [0.3, 0.4) is 0 Å². The standard InChI is InChI=1S/C22H28N4O4S2/c27-19(23-11-15-5-3-9-29-15)13-31-21-22(26-18-8-2-1-7-17(18)25-21)32-14-20(28)24-12-16-6-4-10-30-16/h1-2,7-8,15-16H,3-6,9-14H2,(H,23,27)(H,24,28)/t15-,16+. The molecule has 1 aromatic carbocycles. The van der Waals surface area contributed by atoms with Crippen LogP contribution in [0.4, 0.5) is 0 Å². The summed E-state index contributed by atoms with van der Waals surface area (Å²) < 4.78 is 11.1. The van der Waals surface area contributed by atoms with E-state index in [0.717, 1.165) is 49.9 Å². The largest absolute Gasteiger partial charge is 0.376 e. The Bertz CT molecular complexity index is 859. The summed E-state index contributed by atoms with van der Waals surface area (Å²) in [4.78, 5) is 34.0. The first kappa shape index (κ1) is 23.3. The van der Waals surface area contributed by atoms with E-state index in [2.05, 4.69) is 10.6 Å². The second-order valence-electron chi connectivity index (χ2n) is 7.78. The lowest BCUT2D eigenvalue weighted by atomic mass is 10.2. The lowest BCUT2D eigenvalue weighted by molar-refractivity contribution is -0.119. The van der Waals surface area contributed by atoms with Gasteiger partial charge in [0.25, 0.3) is 0 Å². The van der Waals surface area contributed by atoms with Crippen LogP contribution in [0.5, 0.6) is 0 Å². The Balaban J connectivity index is 1.33. The average Bonchev–Trinajstić information content (AvgIpc) is 3.52. The van der Waals surface area contributed by atoms with Gasteiger partial charge in [0.2, 0.25) is 11.8 Å². The summed E-state index contributed by atoms with van der Waals surface area (Å²) in [5.41, 5.74) is 1.53. The highest BCUT2D eigenvalue weighted by atomic mass is 32.2. The molecule has 0 radical (unpaired) electrons. The molecule has 1 aromatic heterocycles. The number of nitrogens with one attached hydrogen (secondary N) is 2. The minimum Gasteiger partial charge on any atom is -0.376 e. The van der Waals surface area contributed by atoms with Crippen LogP contribution in [0.15, 0.2) is 34.3 Å². The molecular formula is C22H28N4O4S2. The van der Waals surface area contributed by atoms with E-state index >= 15 is 0 Å². The summed E-state index contributed by atoms with van der Waals surface area (Å²) in [7, 11) is 0. The molecule has 2 atom stereocenters. The Hall–Kier alpha value is -1.88. The molecular weight excluding hydrogens is 448 g/mol. The van der Waals surface area contributed by atoms with Crippen molar-refractivity contribution in [2.45, 2.75) is 47.9 Å². The van der Waals surface area contributed by atoms with Gasteiger partial charge in [-0.3, -0.25) is 9.59 Å². The zero-order chi connectivity index (χ0) is 22.2. The van der Waals surface area contributed by atoms with Crippen molar-refractivity contribution in [1.29, 1.82) is 0 Å². The van der Waals surface area contributed by atoms with Gasteiger partial charge in [0.1, 0.15) is 10.1 Å². The van der Waals surface area contributed by atoms with Gasteiger partial charge in [-0.1, -0.05) is 35.7 Å². The molecule has 0 spiro atoms. The summed E-state index contributed by atoms with van der Waals surface area (Å²) in [6.07, 6.45) is 4.29. The highest BCUT2D eigenvalue weighted by molar-refractivity contribution is 8.02. The first-order valence-corrected chi connectivity index (χ1v) is 12.9. The van der Waals surface area contributed by atoms with Gasteiger partial charge in [-0.15, -0.1) is 0 Å². The molecule has 2 N–H and O–H groups in total. The number of ether oxygens (including phenoxy) is 2. The Morgan fingerprint density at radius 3 is 1.72 bits per heavy atom. The van der Waals surface area contributed by atoms with Gasteiger partial charge in [0, 0.05) is 26.3 Å². The smallest absolute Gasteiger partial charge is 0.230 e. The number of amides is 2. The number of nitrogens with zero attached hydrogens (tertiary/aromatic N) is 2. The maximum absolute atomic E-state index is 12.3. The van der Waals surface area contributed by atoms with E-state index in [1.807, 2.05) is 24.3 Å². The van der Waals surface area contributed by atoms with Gasteiger partial charge in [-0.2, -0.15) is 0 Å². The number of carbonyl (C=O) groups excluding carboxylic acids is 2. The third-order valence-electron chi connectivity index (χ3n) is 5.29. The van der Waals surface area contributed by atoms with Crippen LogP contribution in [0.25, 0.3) is 11.0 Å². The predicted octanol–water partition coefficient (Wildman–Crippen LogP) is 2.40. The first-order valence-electron chi connectivity index (χ1n) is 11.0. The summed E-state index contributed by atoms with van der Waals surface area (Å²) in [5.74, 6) is 0.341. The van der Waals surface area contributed by atoms with Crippen molar-refractivity contribution in [1.82, 2.24) is 20.6 Å². The van der Waals surface area contributed by atoms with Crippen molar-refractivity contribution in [3.8, 4) is 0 Å². The molecule has 32 heavy (non-hydrogen) atoms. The molecule has 2 fully saturated rings. The van der Waals surface area contributed by atoms with Crippen LogP contribution < -0.4 is 10.6 Å². The van der Waals surface area contributed by atoms with Crippen molar-refractivity contribution in [3.63, 3.8) is 0 Å². The molecule has 2 aliphatic heterocycles. The quantitative estimate of drug-likeness (QED) is 0.504. The normalized spacial score (nSPS) is 20.5. The van der Waals surface area contributed by atoms with Crippen LogP contribution in [0, 0.1) is 0 Å². The number of para-hydroxylation sites is 2. The highest BCUT2D eigenvalue weighted by Crippen LogP contribution is 2.29. The Morgan fingerprint density at radius 2 is 1.31 bits per heavy atom. The summed E-state index contributed by atoms with van der Waals surface area (Å²) in [6, 6.07) is 7.61. The van der Waals surface area contributed by atoms with E-state index in [-0.39, 0.29) is 35.5 Å². The summed E-state index contributed by atoms with van der Waals surface area (Å²) in [5, 5.41) is 7.18. The molecule has 2 amide bonds. The molecule has 4 rings (SSSR count). The second kappa shape index (κ2) is 11.8. The third-order valence-corrected chi connectivity index (χ3v) is 7.35. The Kier molecular flexibility index (Phi) is 8.61. The van der Waals surface area contributed by atoms with Crippen LogP contribution >= 0.6 is 23.5 Å². The topological polar surface area (TPSA) is 102 Å². The lowest BCUT2D eigenvalue weighted by Crippen LogP contribution is -2.33. The van der Waals surface area contributed by atoms with E-state index < -0.39 is 0 Å². The zero-order valence-corrected chi connectivity index (χ0v) is 19.5. The lowest BCUT2D eigenvalue weighted by Gasteiger charge is -2.12. The second-order valence-corrected chi connectivity index (χ2v) is 9.71. The van der Waals surface area contributed by atoms with Crippen LogP contribution in [-0.2, 0) is 19.1 Å². The number of thioether (sulfide) groups is 2. The van der Waals surface area contributed by atoms with Crippen LogP contribution in [0.2, 0.25) is 0 Å². The van der Waals surface area contributed by atoms with Crippen molar-refractivity contribution in [3.05, 3.63) is 24.3 Å². The average molecular weight is 477 g/mol. The fourth-order valence-corrected chi connectivity index (χ4v) is 5.35. The molecule has 0 bridgehead atoms. The molecule has 172 valence electrons. The minimum absolute atomic E-state index is 0.0642. The van der Waals surface area contributed by atoms with E-state index in [1.54, 1.807) is 0 Å². The van der Waals surface area contributed by atoms with Gasteiger partial charge >= 0.3 is 0 Å². The number of fused-ring (bicyclic) bond motifs is 1. The molecule has 0 unspecified atom stereocenters. The maximum Gasteiger partial charge on any atom is 0.230 e. The minimum atomic E-state index is -0.0642. The monoisotopic (exact) mass is 476 g/mol. The number of benzene rings is 1. The number of aromatic nitrogens is 2. The highest BCUT2D eigenvalue weighted by Gasteiger charge is 2.19. The van der Waals surface area contributed by atoms with Gasteiger partial charge in [-0.25, -0.2) is 9.97 Å². The van der Waals surface area contributed by atoms with Gasteiger partial charge in [-0.05, 0) is 37.8 Å². The predicted molar refractivity (Wildman–Crippen MR) is 125 cm³/mol. The van der Waals surface area contributed by atoms with Crippen molar-refractivity contribution in [2.24, 2.45) is 0 Å². The fourth-order valence-electron chi connectivity index (χ4n) is 3.59. The molecule has 3 heterocycles. The Labute approximate surface area is 196 Å². The van der Waals surface area contributed by atoms with Crippen molar-refractivity contribution < 1.29 is 19.1 Å². The van der Waals surface area contributed by atoms with E-state index in [1.165, 1.54) is 23.5 Å². The number of rotatable bonds is 10. The van der Waals surface area contributed by atoms with Crippen molar-refractivity contribution >= 4 is 46.4 Å². The fraction of sp³-hybridized carbons (Fsp3) is 0.545. The molecule has 10 heteroatoms.